The second kappa shape index (κ2) is 9.88. The van der Waals surface area contributed by atoms with Gasteiger partial charge < -0.3 is 14.8 Å². The summed E-state index contributed by atoms with van der Waals surface area (Å²) >= 11 is 0. The number of methoxy groups -OCH3 is 2. The Balaban J connectivity index is 2.68. The third-order valence-electron chi connectivity index (χ3n) is 3.70. The largest absolute Gasteiger partial charge is 0.497 e. The zero-order valence-electron chi connectivity index (χ0n) is 15.8. The van der Waals surface area contributed by atoms with E-state index in [-0.39, 0.29) is 6.04 Å². The number of carbonyl (C=O) groups is 2. The SMILES string of the molecule is COc1ccc(OC)c([C@H](C)N[C@H](C)C(=O)NC(=O)NCC(C)C)c1. The van der Waals surface area contributed by atoms with Gasteiger partial charge in [0.15, 0.2) is 0 Å². The molecule has 1 rings (SSSR count). The van der Waals surface area contributed by atoms with Crippen LogP contribution in [0.1, 0.15) is 39.3 Å². The first kappa shape index (κ1) is 20.8. The van der Waals surface area contributed by atoms with Crippen molar-refractivity contribution in [2.75, 3.05) is 20.8 Å². The van der Waals surface area contributed by atoms with Gasteiger partial charge in [-0.1, -0.05) is 13.8 Å². The molecule has 2 atom stereocenters. The predicted molar refractivity (Wildman–Crippen MR) is 96.9 cm³/mol. The number of urea groups is 1. The van der Waals surface area contributed by atoms with Gasteiger partial charge >= 0.3 is 6.03 Å². The second-order valence-electron chi connectivity index (χ2n) is 6.31. The van der Waals surface area contributed by atoms with Crippen molar-refractivity contribution >= 4 is 11.9 Å². The number of carbonyl (C=O) groups excluding carboxylic acids is 2. The molecule has 1 aromatic rings. The van der Waals surface area contributed by atoms with Crippen LogP contribution in [0.2, 0.25) is 0 Å². The highest BCUT2D eigenvalue weighted by Gasteiger charge is 2.20. The van der Waals surface area contributed by atoms with Gasteiger partial charge in [-0.3, -0.25) is 15.4 Å². The maximum atomic E-state index is 12.2. The van der Waals surface area contributed by atoms with Crippen molar-refractivity contribution in [3.05, 3.63) is 23.8 Å². The number of rotatable bonds is 8. The highest BCUT2D eigenvalue weighted by molar-refractivity contribution is 5.96. The van der Waals surface area contributed by atoms with Gasteiger partial charge in [0.1, 0.15) is 11.5 Å². The van der Waals surface area contributed by atoms with E-state index in [9.17, 15) is 9.59 Å². The Morgan fingerprint density at radius 1 is 1.08 bits per heavy atom. The van der Waals surface area contributed by atoms with Crippen LogP contribution in [0.15, 0.2) is 18.2 Å². The monoisotopic (exact) mass is 351 g/mol. The summed E-state index contributed by atoms with van der Waals surface area (Å²) in [6.07, 6.45) is 0. The Hall–Kier alpha value is -2.28. The predicted octanol–water partition coefficient (Wildman–Crippen LogP) is 2.22. The molecule has 0 unspecified atom stereocenters. The zero-order chi connectivity index (χ0) is 19.0. The molecule has 0 bridgehead atoms. The number of amides is 3. The molecule has 3 N–H and O–H groups in total. The van der Waals surface area contributed by atoms with Crippen molar-refractivity contribution in [3.8, 4) is 11.5 Å². The Labute approximate surface area is 149 Å². The van der Waals surface area contributed by atoms with Crippen molar-refractivity contribution in [1.29, 1.82) is 0 Å². The van der Waals surface area contributed by atoms with Crippen LogP contribution in [0.4, 0.5) is 4.79 Å². The Morgan fingerprint density at radius 3 is 2.32 bits per heavy atom. The number of hydrogen-bond donors (Lipinski definition) is 3. The van der Waals surface area contributed by atoms with Crippen molar-refractivity contribution < 1.29 is 19.1 Å². The molecule has 140 valence electrons. The second-order valence-corrected chi connectivity index (χ2v) is 6.31. The van der Waals surface area contributed by atoms with Gasteiger partial charge in [0, 0.05) is 18.2 Å². The van der Waals surface area contributed by atoms with Crippen molar-refractivity contribution in [2.24, 2.45) is 5.92 Å². The molecule has 0 saturated carbocycles. The molecule has 0 fully saturated rings. The minimum atomic E-state index is -0.560. The average molecular weight is 351 g/mol. The third kappa shape index (κ3) is 6.62. The van der Waals surface area contributed by atoms with Crippen LogP contribution < -0.4 is 25.4 Å². The molecule has 3 amide bonds. The normalized spacial score (nSPS) is 13.1. The summed E-state index contributed by atoms with van der Waals surface area (Å²) in [5, 5.41) is 8.15. The van der Waals surface area contributed by atoms with E-state index in [1.165, 1.54) is 0 Å². The number of hydrogen-bond acceptors (Lipinski definition) is 5. The number of nitrogens with one attached hydrogen (secondary N) is 3. The number of ether oxygens (including phenoxy) is 2. The van der Waals surface area contributed by atoms with Gasteiger partial charge in [-0.05, 0) is 38.0 Å². The minimum Gasteiger partial charge on any atom is -0.497 e. The van der Waals surface area contributed by atoms with E-state index in [0.717, 1.165) is 5.56 Å². The summed E-state index contributed by atoms with van der Waals surface area (Å²) in [6, 6.07) is 4.26. The lowest BCUT2D eigenvalue weighted by Gasteiger charge is -2.22. The summed E-state index contributed by atoms with van der Waals surface area (Å²) < 4.78 is 10.6. The molecule has 7 heteroatoms. The molecule has 25 heavy (non-hydrogen) atoms. The quantitative estimate of drug-likeness (QED) is 0.668. The van der Waals surface area contributed by atoms with Crippen molar-refractivity contribution in [3.63, 3.8) is 0 Å². The maximum absolute atomic E-state index is 12.2. The van der Waals surface area contributed by atoms with E-state index in [2.05, 4.69) is 16.0 Å². The van der Waals surface area contributed by atoms with E-state index >= 15 is 0 Å². The van der Waals surface area contributed by atoms with Gasteiger partial charge in [-0.15, -0.1) is 0 Å². The topological polar surface area (TPSA) is 88.7 Å². The molecule has 1 aromatic carbocycles. The molecular weight excluding hydrogens is 322 g/mol. The van der Waals surface area contributed by atoms with E-state index < -0.39 is 18.0 Å². The fourth-order valence-corrected chi connectivity index (χ4v) is 2.28. The molecule has 0 aliphatic carbocycles. The number of benzene rings is 1. The molecule has 0 spiro atoms. The summed E-state index contributed by atoms with van der Waals surface area (Å²) in [7, 11) is 3.18. The van der Waals surface area contributed by atoms with Gasteiger partial charge in [0.2, 0.25) is 5.91 Å². The molecule has 0 radical (unpaired) electrons. The molecule has 0 aliphatic rings. The zero-order valence-corrected chi connectivity index (χ0v) is 15.8. The summed E-state index contributed by atoms with van der Waals surface area (Å²) in [4.78, 5) is 23.8. The first-order valence-corrected chi connectivity index (χ1v) is 8.35. The van der Waals surface area contributed by atoms with Crippen LogP contribution in [-0.4, -0.2) is 38.7 Å². The van der Waals surface area contributed by atoms with Crippen molar-refractivity contribution in [2.45, 2.75) is 39.8 Å². The average Bonchev–Trinajstić information content (AvgIpc) is 2.58. The van der Waals surface area contributed by atoms with E-state index in [0.29, 0.717) is 24.0 Å². The fourth-order valence-electron chi connectivity index (χ4n) is 2.28. The highest BCUT2D eigenvalue weighted by atomic mass is 16.5. The summed E-state index contributed by atoms with van der Waals surface area (Å²) in [6.45, 7) is 8.09. The van der Waals surface area contributed by atoms with Crippen LogP contribution in [0.25, 0.3) is 0 Å². The fraction of sp³-hybridized carbons (Fsp3) is 0.556. The minimum absolute atomic E-state index is 0.176. The van der Waals surface area contributed by atoms with Gasteiger partial charge in [-0.2, -0.15) is 0 Å². The molecule has 7 nitrogen and oxygen atoms in total. The third-order valence-corrected chi connectivity index (χ3v) is 3.70. The Kier molecular flexibility index (Phi) is 8.21. The first-order valence-electron chi connectivity index (χ1n) is 8.35. The van der Waals surface area contributed by atoms with Crippen LogP contribution >= 0.6 is 0 Å². The lowest BCUT2D eigenvalue weighted by Crippen LogP contribution is -2.49. The van der Waals surface area contributed by atoms with Crippen molar-refractivity contribution in [1.82, 2.24) is 16.0 Å². The van der Waals surface area contributed by atoms with Crippen LogP contribution in [-0.2, 0) is 4.79 Å². The van der Waals surface area contributed by atoms with E-state index in [1.807, 2.05) is 39.0 Å². The Morgan fingerprint density at radius 2 is 1.76 bits per heavy atom. The molecule has 0 aromatic heterocycles. The van der Waals surface area contributed by atoms with Gasteiger partial charge in [0.25, 0.3) is 0 Å². The Bertz CT molecular complexity index is 590. The van der Waals surface area contributed by atoms with Crippen LogP contribution in [0, 0.1) is 5.92 Å². The highest BCUT2D eigenvalue weighted by Crippen LogP contribution is 2.29. The van der Waals surface area contributed by atoms with Gasteiger partial charge in [0.05, 0.1) is 20.3 Å². The molecule has 0 heterocycles. The summed E-state index contributed by atoms with van der Waals surface area (Å²) in [5.74, 6) is 1.32. The maximum Gasteiger partial charge on any atom is 0.321 e. The van der Waals surface area contributed by atoms with E-state index in [4.69, 9.17) is 9.47 Å². The van der Waals surface area contributed by atoms with E-state index in [1.54, 1.807) is 21.1 Å². The smallest absolute Gasteiger partial charge is 0.321 e. The summed E-state index contributed by atoms with van der Waals surface area (Å²) in [5.41, 5.74) is 0.866. The molecule has 0 aliphatic heterocycles. The lowest BCUT2D eigenvalue weighted by molar-refractivity contribution is -0.121. The molecular formula is C18H29N3O4. The standard InChI is InChI=1S/C18H29N3O4/c1-11(2)10-19-18(23)21-17(22)13(4)20-12(3)15-9-14(24-5)7-8-16(15)25-6/h7-9,11-13,20H,10H2,1-6H3,(H2,19,21,22,23)/t12-,13+/m0/s1. The molecule has 0 saturated heterocycles. The lowest BCUT2D eigenvalue weighted by atomic mass is 10.1. The van der Waals surface area contributed by atoms with Gasteiger partial charge in [-0.25, -0.2) is 4.79 Å². The number of imide groups is 1. The van der Waals surface area contributed by atoms with Crippen LogP contribution in [0.5, 0.6) is 11.5 Å². The van der Waals surface area contributed by atoms with Crippen LogP contribution in [0.3, 0.4) is 0 Å². The first-order chi connectivity index (χ1) is 11.8.